The van der Waals surface area contributed by atoms with E-state index in [4.69, 9.17) is 4.98 Å². The van der Waals surface area contributed by atoms with Gasteiger partial charge in [0.25, 0.3) is 0 Å². The van der Waals surface area contributed by atoms with Gasteiger partial charge in [0.05, 0.1) is 29.1 Å². The van der Waals surface area contributed by atoms with Crippen molar-refractivity contribution in [2.75, 3.05) is 5.32 Å². The number of aryl methyl sites for hydroxylation is 3. The maximum absolute atomic E-state index is 4.84. The van der Waals surface area contributed by atoms with E-state index in [0.29, 0.717) is 0 Å². The van der Waals surface area contributed by atoms with Crippen LogP contribution in [-0.2, 0) is 19.9 Å². The van der Waals surface area contributed by atoms with Gasteiger partial charge in [0.15, 0.2) is 0 Å². The Morgan fingerprint density at radius 3 is 2.58 bits per heavy atom. The summed E-state index contributed by atoms with van der Waals surface area (Å²) in [4.78, 5) is 9.44. The lowest BCUT2D eigenvalue weighted by Crippen LogP contribution is -2.07. The first-order chi connectivity index (χ1) is 16.2. The summed E-state index contributed by atoms with van der Waals surface area (Å²) in [5.41, 5.74) is 8.61. The number of hydrogen-bond donors (Lipinski definition) is 1. The van der Waals surface area contributed by atoms with Crippen molar-refractivity contribution in [3.63, 3.8) is 0 Å². The Kier molecular flexibility index (Phi) is 6.38. The highest BCUT2D eigenvalue weighted by atomic mass is 15.2. The quantitative estimate of drug-likeness (QED) is 0.342. The van der Waals surface area contributed by atoms with E-state index in [1.165, 1.54) is 56.1 Å². The number of nitrogens with one attached hydrogen (secondary N) is 1. The van der Waals surface area contributed by atoms with E-state index in [1.807, 2.05) is 31.7 Å². The molecule has 5 rings (SSSR count). The van der Waals surface area contributed by atoms with Gasteiger partial charge in [-0.15, -0.1) is 0 Å². The van der Waals surface area contributed by atoms with Gasteiger partial charge in [-0.25, -0.2) is 4.98 Å². The van der Waals surface area contributed by atoms with Crippen molar-refractivity contribution in [2.24, 2.45) is 13.0 Å². The van der Waals surface area contributed by atoms with Gasteiger partial charge in [-0.2, -0.15) is 5.10 Å². The third-order valence-corrected chi connectivity index (χ3v) is 6.86. The van der Waals surface area contributed by atoms with Gasteiger partial charge in [-0.1, -0.05) is 45.1 Å². The molecule has 33 heavy (non-hydrogen) atoms. The fourth-order valence-corrected chi connectivity index (χ4v) is 4.98. The van der Waals surface area contributed by atoms with Crippen LogP contribution in [0.1, 0.15) is 56.6 Å². The van der Waals surface area contributed by atoms with Crippen molar-refractivity contribution in [1.82, 2.24) is 19.7 Å². The fourth-order valence-electron chi connectivity index (χ4n) is 4.98. The molecule has 5 heteroatoms. The van der Waals surface area contributed by atoms with Crippen molar-refractivity contribution in [2.45, 2.75) is 58.3 Å². The molecule has 0 atom stereocenters. The molecule has 2 aromatic carbocycles. The van der Waals surface area contributed by atoms with Gasteiger partial charge in [0.2, 0.25) is 0 Å². The number of benzene rings is 2. The lowest BCUT2D eigenvalue weighted by Gasteiger charge is -2.21. The van der Waals surface area contributed by atoms with Crippen molar-refractivity contribution >= 4 is 22.4 Å². The number of anilines is 2. The molecule has 0 spiro atoms. The minimum Gasteiger partial charge on any atom is -0.355 e. The van der Waals surface area contributed by atoms with E-state index in [-0.39, 0.29) is 0 Å². The minimum atomic E-state index is 0.839. The smallest absolute Gasteiger partial charge is 0.0924 e. The summed E-state index contributed by atoms with van der Waals surface area (Å²) in [7, 11) is 1.91. The summed E-state index contributed by atoms with van der Waals surface area (Å²) in [5.74, 6) is 0.911. The Morgan fingerprint density at radius 2 is 1.79 bits per heavy atom. The average Bonchev–Trinajstić information content (AvgIpc) is 3.29. The molecule has 2 aromatic heterocycles. The molecule has 1 N–H and O–H groups in total. The second-order valence-electron chi connectivity index (χ2n) is 9.42. The summed E-state index contributed by atoms with van der Waals surface area (Å²) < 4.78 is 1.78. The monoisotopic (exact) mass is 439 g/mol. The molecule has 2 heterocycles. The second kappa shape index (κ2) is 9.74. The molecule has 4 aromatic rings. The molecule has 0 radical (unpaired) electrons. The van der Waals surface area contributed by atoms with E-state index >= 15 is 0 Å². The van der Waals surface area contributed by atoms with Crippen molar-refractivity contribution < 1.29 is 0 Å². The zero-order valence-corrected chi connectivity index (χ0v) is 19.7. The van der Waals surface area contributed by atoms with Crippen LogP contribution in [-0.4, -0.2) is 19.7 Å². The first kappa shape index (κ1) is 21.6. The molecular formula is C28H33N5. The third-order valence-electron chi connectivity index (χ3n) is 6.86. The topological polar surface area (TPSA) is 55.6 Å². The van der Waals surface area contributed by atoms with Crippen LogP contribution in [0.15, 0.2) is 55.0 Å². The number of nitrogens with zero attached hydrogens (tertiary/aromatic N) is 4. The Labute approximate surface area is 196 Å². The van der Waals surface area contributed by atoms with Crippen LogP contribution in [0.3, 0.4) is 0 Å². The first-order valence-corrected chi connectivity index (χ1v) is 12.3. The van der Waals surface area contributed by atoms with E-state index in [2.05, 4.69) is 52.7 Å². The minimum absolute atomic E-state index is 0.839. The molecule has 5 nitrogen and oxygen atoms in total. The molecule has 0 bridgehead atoms. The lowest BCUT2D eigenvalue weighted by molar-refractivity contribution is 0.339. The highest BCUT2D eigenvalue weighted by molar-refractivity contribution is 5.81. The predicted octanol–water partition coefficient (Wildman–Crippen LogP) is 6.85. The maximum Gasteiger partial charge on any atom is 0.0924 e. The van der Waals surface area contributed by atoms with Gasteiger partial charge in [-0.05, 0) is 66.6 Å². The van der Waals surface area contributed by atoms with Crippen molar-refractivity contribution in [1.29, 1.82) is 0 Å². The highest BCUT2D eigenvalue weighted by Gasteiger charge is 2.13. The molecule has 0 unspecified atom stereocenters. The Morgan fingerprint density at radius 1 is 0.939 bits per heavy atom. The molecule has 0 saturated heterocycles. The van der Waals surface area contributed by atoms with Crippen LogP contribution in [0.2, 0.25) is 0 Å². The molecule has 0 aliphatic heterocycles. The summed E-state index contributed by atoms with van der Waals surface area (Å²) in [5, 5.41) is 7.88. The van der Waals surface area contributed by atoms with Crippen LogP contribution in [0.5, 0.6) is 0 Å². The molecule has 170 valence electrons. The molecule has 0 amide bonds. The van der Waals surface area contributed by atoms with E-state index in [0.717, 1.165) is 46.0 Å². The lowest BCUT2D eigenvalue weighted by atomic mass is 9.85. The summed E-state index contributed by atoms with van der Waals surface area (Å²) in [6.45, 7) is 2.23. The Bertz CT molecular complexity index is 1240. The van der Waals surface area contributed by atoms with Gasteiger partial charge in [0, 0.05) is 30.2 Å². The summed E-state index contributed by atoms with van der Waals surface area (Å²) in [6, 6.07) is 13.2. The summed E-state index contributed by atoms with van der Waals surface area (Å²) >= 11 is 0. The van der Waals surface area contributed by atoms with E-state index < -0.39 is 0 Å². The zero-order chi connectivity index (χ0) is 22.6. The number of rotatable bonds is 7. The standard InChI is InChI=1S/C28H33N5/c1-3-20-13-22(10-9-21-7-5-4-6-8-21)15-25(14-20)31-24-11-12-26-27(16-24)32-28(18-29-26)23-17-30-33(2)19-23/h11-19,21,31H,3-10H2,1-2H3. The molecule has 1 fully saturated rings. The van der Waals surface area contributed by atoms with Crippen LogP contribution >= 0.6 is 0 Å². The third kappa shape index (κ3) is 5.24. The molecule has 1 saturated carbocycles. The predicted molar refractivity (Wildman–Crippen MR) is 136 cm³/mol. The SMILES string of the molecule is CCc1cc(CCC2CCCCC2)cc(Nc2ccc3ncc(-c4cnn(C)c4)nc3c2)c1. The number of aromatic nitrogens is 4. The number of hydrogen-bond acceptors (Lipinski definition) is 4. The largest absolute Gasteiger partial charge is 0.355 e. The highest BCUT2D eigenvalue weighted by Crippen LogP contribution is 2.29. The molecular weight excluding hydrogens is 406 g/mol. The van der Waals surface area contributed by atoms with Gasteiger partial charge >= 0.3 is 0 Å². The second-order valence-corrected chi connectivity index (χ2v) is 9.42. The van der Waals surface area contributed by atoms with Crippen LogP contribution < -0.4 is 5.32 Å². The first-order valence-electron chi connectivity index (χ1n) is 12.3. The van der Waals surface area contributed by atoms with Crippen LogP contribution in [0.4, 0.5) is 11.4 Å². The van der Waals surface area contributed by atoms with Crippen LogP contribution in [0, 0.1) is 5.92 Å². The normalized spacial score (nSPS) is 14.6. The van der Waals surface area contributed by atoms with Gasteiger partial charge < -0.3 is 5.32 Å². The van der Waals surface area contributed by atoms with E-state index in [1.54, 1.807) is 4.68 Å². The Balaban J connectivity index is 1.36. The van der Waals surface area contributed by atoms with Crippen LogP contribution in [0.25, 0.3) is 22.3 Å². The fraction of sp³-hybridized carbons (Fsp3) is 0.393. The average molecular weight is 440 g/mol. The Hall–Kier alpha value is -3.21. The van der Waals surface area contributed by atoms with Gasteiger partial charge in [-0.3, -0.25) is 9.67 Å². The van der Waals surface area contributed by atoms with E-state index in [9.17, 15) is 0 Å². The molecule has 1 aliphatic rings. The zero-order valence-electron chi connectivity index (χ0n) is 19.7. The number of fused-ring (bicyclic) bond motifs is 1. The van der Waals surface area contributed by atoms with Crippen molar-refractivity contribution in [3.8, 4) is 11.3 Å². The molecule has 1 aliphatic carbocycles. The maximum atomic E-state index is 4.84. The van der Waals surface area contributed by atoms with Crippen molar-refractivity contribution in [3.05, 3.63) is 66.1 Å². The summed E-state index contributed by atoms with van der Waals surface area (Å²) in [6.07, 6.45) is 16.2. The van der Waals surface area contributed by atoms with Gasteiger partial charge in [0.1, 0.15) is 0 Å².